The molecule has 3 aromatic heterocycles. The van der Waals surface area contributed by atoms with E-state index < -0.39 is 0 Å². The van der Waals surface area contributed by atoms with E-state index in [9.17, 15) is 0 Å². The minimum Gasteiger partial charge on any atom is -0.456 e. The highest BCUT2D eigenvalue weighted by molar-refractivity contribution is 6.10. The molecule has 3 heterocycles. The first-order valence-corrected chi connectivity index (χ1v) is 18.0. The minimum absolute atomic E-state index is 0.611. The lowest BCUT2D eigenvalue weighted by atomic mass is 10.0. The predicted molar refractivity (Wildman–Crippen MR) is 220 cm³/mol. The molecule has 0 saturated carbocycles. The highest BCUT2D eigenvalue weighted by Crippen LogP contribution is 2.43. The van der Waals surface area contributed by atoms with E-state index in [1.807, 2.05) is 60.7 Å². The van der Waals surface area contributed by atoms with Crippen molar-refractivity contribution in [2.24, 2.45) is 0 Å². The highest BCUT2D eigenvalue weighted by atomic mass is 16.3. The zero-order chi connectivity index (χ0) is 35.6. The summed E-state index contributed by atoms with van der Waals surface area (Å²) in [6.45, 7) is 0. The molecule has 0 spiro atoms. The molecule has 0 aliphatic heterocycles. The fourth-order valence-corrected chi connectivity index (χ4v) is 7.73. The van der Waals surface area contributed by atoms with Crippen molar-refractivity contribution in [2.75, 3.05) is 4.90 Å². The summed E-state index contributed by atoms with van der Waals surface area (Å²) in [5.41, 5.74) is 13.2. The van der Waals surface area contributed by atoms with Gasteiger partial charge in [-0.1, -0.05) is 103 Å². The summed E-state index contributed by atoms with van der Waals surface area (Å²) in [6, 6.07) is 62.6. The van der Waals surface area contributed by atoms with Gasteiger partial charge in [-0.2, -0.15) is 0 Å². The van der Waals surface area contributed by atoms with E-state index in [1.54, 1.807) is 0 Å². The van der Waals surface area contributed by atoms with Crippen LogP contribution in [0.2, 0.25) is 0 Å². The number of furan rings is 2. The second kappa shape index (κ2) is 12.1. The standard InChI is InChI=1S/C49H30N2O3/c1-3-11-32(12-4-1)49-50-47-37(16-10-20-44(47)54-49)34-24-28-40-39-27-23-33(29-45(39)52-46(40)30-34)31-21-25-36(26-22-31)51(35-13-5-2-6-14-35)42-18-9-17-41-38-15-7-8-19-43(38)53-48(41)42/h1-30H. The Morgan fingerprint density at radius 2 is 0.981 bits per heavy atom. The molecule has 11 aromatic rings. The number of para-hydroxylation sites is 4. The smallest absolute Gasteiger partial charge is 0.227 e. The van der Waals surface area contributed by atoms with Gasteiger partial charge in [0.15, 0.2) is 11.2 Å². The second-order valence-electron chi connectivity index (χ2n) is 13.5. The topological polar surface area (TPSA) is 55.6 Å². The van der Waals surface area contributed by atoms with Crippen LogP contribution in [0.25, 0.3) is 88.7 Å². The Hall–Kier alpha value is -7.37. The fourth-order valence-electron chi connectivity index (χ4n) is 7.73. The average Bonchev–Trinajstić information content (AvgIpc) is 3.95. The van der Waals surface area contributed by atoms with Gasteiger partial charge in [-0.15, -0.1) is 0 Å². The number of anilines is 3. The molecule has 0 atom stereocenters. The van der Waals surface area contributed by atoms with Gasteiger partial charge < -0.3 is 18.2 Å². The van der Waals surface area contributed by atoms with Crippen molar-refractivity contribution in [3.05, 3.63) is 182 Å². The number of fused-ring (bicyclic) bond motifs is 7. The number of aromatic nitrogens is 1. The van der Waals surface area contributed by atoms with E-state index in [-0.39, 0.29) is 0 Å². The zero-order valence-electron chi connectivity index (χ0n) is 28.9. The van der Waals surface area contributed by atoms with Crippen LogP contribution in [-0.2, 0) is 0 Å². The lowest BCUT2D eigenvalue weighted by Gasteiger charge is -2.25. The number of benzene rings is 8. The normalized spacial score (nSPS) is 11.7. The summed E-state index contributed by atoms with van der Waals surface area (Å²) in [5.74, 6) is 0.611. The van der Waals surface area contributed by atoms with Crippen molar-refractivity contribution in [2.45, 2.75) is 0 Å². The maximum atomic E-state index is 6.54. The summed E-state index contributed by atoms with van der Waals surface area (Å²) in [4.78, 5) is 7.16. The lowest BCUT2D eigenvalue weighted by molar-refractivity contribution is 0.620. The van der Waals surface area contributed by atoms with Crippen LogP contribution in [0.5, 0.6) is 0 Å². The van der Waals surface area contributed by atoms with E-state index in [1.165, 1.54) is 0 Å². The quantitative estimate of drug-likeness (QED) is 0.173. The Labute approximate surface area is 309 Å². The molecule has 0 amide bonds. The molecule has 0 saturated heterocycles. The van der Waals surface area contributed by atoms with Gasteiger partial charge >= 0.3 is 0 Å². The zero-order valence-corrected chi connectivity index (χ0v) is 28.9. The molecule has 0 unspecified atom stereocenters. The van der Waals surface area contributed by atoms with Crippen molar-refractivity contribution < 1.29 is 13.3 Å². The first-order chi connectivity index (χ1) is 26.7. The van der Waals surface area contributed by atoms with Crippen LogP contribution < -0.4 is 4.90 Å². The molecular weight excluding hydrogens is 665 g/mol. The summed E-state index contributed by atoms with van der Waals surface area (Å²) in [5, 5.41) is 4.36. The van der Waals surface area contributed by atoms with Crippen molar-refractivity contribution in [1.82, 2.24) is 4.98 Å². The van der Waals surface area contributed by atoms with E-state index in [4.69, 9.17) is 18.2 Å². The highest BCUT2D eigenvalue weighted by Gasteiger charge is 2.20. The predicted octanol–water partition coefficient (Wildman–Crippen LogP) is 14.1. The van der Waals surface area contributed by atoms with Crippen LogP contribution >= 0.6 is 0 Å². The molecule has 0 fully saturated rings. The van der Waals surface area contributed by atoms with Crippen LogP contribution in [0.15, 0.2) is 195 Å². The molecule has 5 heteroatoms. The van der Waals surface area contributed by atoms with E-state index in [2.05, 4.69) is 126 Å². The SMILES string of the molecule is c1ccc(-c2nc3c(-c4ccc5c(c4)oc4cc(-c6ccc(N(c7ccccc7)c7cccc8c7oc7ccccc78)cc6)ccc45)cccc3o2)cc1. The number of nitrogens with zero attached hydrogens (tertiary/aromatic N) is 2. The number of hydrogen-bond acceptors (Lipinski definition) is 5. The summed E-state index contributed by atoms with van der Waals surface area (Å²) < 4.78 is 19.2. The van der Waals surface area contributed by atoms with Gasteiger partial charge in [-0.3, -0.25) is 0 Å². The Kier molecular flexibility index (Phi) is 6.79. The minimum atomic E-state index is 0.611. The van der Waals surface area contributed by atoms with Gasteiger partial charge in [0.25, 0.3) is 0 Å². The Balaban J connectivity index is 0.953. The summed E-state index contributed by atoms with van der Waals surface area (Å²) >= 11 is 0. The number of oxazole rings is 1. The van der Waals surface area contributed by atoms with Gasteiger partial charge in [0.2, 0.25) is 5.89 Å². The summed E-state index contributed by atoms with van der Waals surface area (Å²) in [6.07, 6.45) is 0. The van der Waals surface area contributed by atoms with E-state index in [0.29, 0.717) is 5.89 Å². The lowest BCUT2D eigenvalue weighted by Crippen LogP contribution is -2.10. The molecule has 11 rings (SSSR count). The van der Waals surface area contributed by atoms with Gasteiger partial charge in [-0.05, 0) is 95.6 Å². The van der Waals surface area contributed by atoms with Gasteiger partial charge in [0, 0.05) is 44.0 Å². The molecule has 0 aliphatic carbocycles. The van der Waals surface area contributed by atoms with Crippen LogP contribution in [-0.4, -0.2) is 4.98 Å². The van der Waals surface area contributed by atoms with Gasteiger partial charge in [-0.25, -0.2) is 4.98 Å². The van der Waals surface area contributed by atoms with Gasteiger partial charge in [0.1, 0.15) is 22.3 Å². The van der Waals surface area contributed by atoms with Crippen LogP contribution in [0, 0.1) is 0 Å². The van der Waals surface area contributed by atoms with Crippen molar-refractivity contribution >= 4 is 72.0 Å². The molecule has 5 nitrogen and oxygen atoms in total. The maximum Gasteiger partial charge on any atom is 0.227 e. The molecule has 0 N–H and O–H groups in total. The monoisotopic (exact) mass is 694 g/mol. The Bertz CT molecular complexity index is 3160. The maximum absolute atomic E-state index is 6.54. The third-order valence-corrected chi connectivity index (χ3v) is 10.3. The van der Waals surface area contributed by atoms with Crippen LogP contribution in [0.4, 0.5) is 17.1 Å². The van der Waals surface area contributed by atoms with Crippen LogP contribution in [0.3, 0.4) is 0 Å². The number of hydrogen-bond donors (Lipinski definition) is 0. The van der Waals surface area contributed by atoms with E-state index in [0.717, 1.165) is 99.9 Å². The second-order valence-corrected chi connectivity index (χ2v) is 13.5. The van der Waals surface area contributed by atoms with Crippen molar-refractivity contribution in [3.63, 3.8) is 0 Å². The van der Waals surface area contributed by atoms with Crippen molar-refractivity contribution in [3.8, 4) is 33.7 Å². The molecule has 8 aromatic carbocycles. The average molecular weight is 695 g/mol. The Morgan fingerprint density at radius 3 is 1.80 bits per heavy atom. The largest absolute Gasteiger partial charge is 0.456 e. The molecule has 0 aliphatic rings. The van der Waals surface area contributed by atoms with Crippen molar-refractivity contribution in [1.29, 1.82) is 0 Å². The Morgan fingerprint density at radius 1 is 0.370 bits per heavy atom. The number of rotatable bonds is 6. The third kappa shape index (κ3) is 4.90. The summed E-state index contributed by atoms with van der Waals surface area (Å²) in [7, 11) is 0. The molecule has 54 heavy (non-hydrogen) atoms. The molecular formula is C49H30N2O3. The molecule has 0 radical (unpaired) electrons. The first kappa shape index (κ1) is 30.3. The molecule has 0 bridgehead atoms. The first-order valence-electron chi connectivity index (χ1n) is 18.0. The van der Waals surface area contributed by atoms with E-state index >= 15 is 0 Å². The van der Waals surface area contributed by atoms with Gasteiger partial charge in [0.05, 0.1) is 5.69 Å². The third-order valence-electron chi connectivity index (χ3n) is 10.3. The fraction of sp³-hybridized carbons (Fsp3) is 0. The molecule has 254 valence electrons. The van der Waals surface area contributed by atoms with Crippen LogP contribution in [0.1, 0.15) is 0 Å².